The summed E-state index contributed by atoms with van der Waals surface area (Å²) in [5, 5.41) is 9.45. The van der Waals surface area contributed by atoms with Gasteiger partial charge in [-0.15, -0.1) is 0 Å². The molecule has 0 spiro atoms. The van der Waals surface area contributed by atoms with Crippen LogP contribution < -0.4 is 0 Å². The summed E-state index contributed by atoms with van der Waals surface area (Å²) in [5.74, 6) is 1.07. The zero-order valence-corrected chi connectivity index (χ0v) is 12.7. The molecular weight excluding hydrogens is 238 g/mol. The molecular formula is C16H29NO2. The first-order valence-electron chi connectivity index (χ1n) is 7.94. The summed E-state index contributed by atoms with van der Waals surface area (Å²) in [6.07, 6.45) is 6.40. The topological polar surface area (TPSA) is 40.5 Å². The molecule has 2 rings (SSSR count). The molecule has 3 nitrogen and oxygen atoms in total. The van der Waals surface area contributed by atoms with Gasteiger partial charge in [0.05, 0.1) is 5.41 Å². The largest absolute Gasteiger partial charge is 0.481 e. The van der Waals surface area contributed by atoms with E-state index in [4.69, 9.17) is 0 Å². The molecule has 0 amide bonds. The number of rotatable bonds is 3. The van der Waals surface area contributed by atoms with Crippen molar-refractivity contribution in [1.29, 1.82) is 0 Å². The molecule has 0 aromatic rings. The van der Waals surface area contributed by atoms with Crippen molar-refractivity contribution in [3.63, 3.8) is 0 Å². The number of carboxylic acids is 1. The fourth-order valence-corrected chi connectivity index (χ4v) is 4.24. The molecule has 0 radical (unpaired) electrons. The molecule has 1 heterocycles. The molecule has 1 aliphatic heterocycles. The number of hydrogen-bond donors (Lipinski definition) is 1. The second kappa shape index (κ2) is 5.82. The highest BCUT2D eigenvalue weighted by molar-refractivity contribution is 5.74. The van der Waals surface area contributed by atoms with Crippen LogP contribution in [-0.2, 0) is 4.79 Å². The van der Waals surface area contributed by atoms with E-state index in [-0.39, 0.29) is 0 Å². The molecule has 19 heavy (non-hydrogen) atoms. The van der Waals surface area contributed by atoms with Gasteiger partial charge in [0.25, 0.3) is 0 Å². The van der Waals surface area contributed by atoms with Gasteiger partial charge in [-0.2, -0.15) is 0 Å². The lowest BCUT2D eigenvalue weighted by atomic mass is 9.74. The third kappa shape index (κ3) is 3.13. The van der Waals surface area contributed by atoms with Crippen LogP contribution in [0, 0.1) is 17.3 Å². The molecule has 1 saturated carbocycles. The smallest absolute Gasteiger partial charge is 0.309 e. The molecule has 2 unspecified atom stereocenters. The van der Waals surface area contributed by atoms with Crippen LogP contribution in [-0.4, -0.2) is 35.1 Å². The van der Waals surface area contributed by atoms with Crippen molar-refractivity contribution in [1.82, 2.24) is 4.90 Å². The van der Waals surface area contributed by atoms with E-state index in [0.29, 0.717) is 6.04 Å². The van der Waals surface area contributed by atoms with Gasteiger partial charge < -0.3 is 10.0 Å². The van der Waals surface area contributed by atoms with Gasteiger partial charge in [-0.25, -0.2) is 0 Å². The average Bonchev–Trinajstić information content (AvgIpc) is 2.37. The van der Waals surface area contributed by atoms with E-state index in [2.05, 4.69) is 18.7 Å². The molecule has 0 aromatic carbocycles. The number of carboxylic acid groups (broad SMARTS) is 1. The van der Waals surface area contributed by atoms with Crippen LogP contribution >= 0.6 is 0 Å². The molecule has 0 bridgehead atoms. The van der Waals surface area contributed by atoms with Gasteiger partial charge in [-0.1, -0.05) is 20.8 Å². The van der Waals surface area contributed by atoms with Crippen LogP contribution in [0.15, 0.2) is 0 Å². The Morgan fingerprint density at radius 3 is 2.11 bits per heavy atom. The Hall–Kier alpha value is -0.570. The van der Waals surface area contributed by atoms with E-state index in [9.17, 15) is 9.90 Å². The Morgan fingerprint density at radius 1 is 1.16 bits per heavy atom. The van der Waals surface area contributed by atoms with Crippen molar-refractivity contribution in [2.45, 2.75) is 65.3 Å². The minimum Gasteiger partial charge on any atom is -0.481 e. The summed E-state index contributed by atoms with van der Waals surface area (Å²) in [4.78, 5) is 14.0. The highest BCUT2D eigenvalue weighted by Gasteiger charge is 2.41. The molecule has 2 fully saturated rings. The molecule has 1 saturated heterocycles. The van der Waals surface area contributed by atoms with Crippen molar-refractivity contribution < 1.29 is 9.90 Å². The number of piperidine rings is 1. The molecule has 1 N–H and O–H groups in total. The van der Waals surface area contributed by atoms with Crippen LogP contribution in [0.4, 0.5) is 0 Å². The van der Waals surface area contributed by atoms with E-state index in [1.165, 1.54) is 19.3 Å². The maximum atomic E-state index is 11.5. The van der Waals surface area contributed by atoms with Gasteiger partial charge in [-0.05, 0) is 63.5 Å². The zero-order chi connectivity index (χ0) is 14.0. The van der Waals surface area contributed by atoms with Crippen LogP contribution in [0.5, 0.6) is 0 Å². The average molecular weight is 267 g/mol. The van der Waals surface area contributed by atoms with E-state index in [0.717, 1.165) is 44.2 Å². The highest BCUT2D eigenvalue weighted by Crippen LogP contribution is 2.39. The Balaban J connectivity index is 1.94. The zero-order valence-electron chi connectivity index (χ0n) is 12.7. The van der Waals surface area contributed by atoms with Gasteiger partial charge in [-0.3, -0.25) is 4.79 Å². The van der Waals surface area contributed by atoms with Gasteiger partial charge >= 0.3 is 5.97 Å². The minimum absolute atomic E-state index is 0.442. The van der Waals surface area contributed by atoms with Gasteiger partial charge in [0.1, 0.15) is 0 Å². The Labute approximate surface area is 117 Å². The molecule has 1 aliphatic carbocycles. The number of nitrogens with zero attached hydrogens (tertiary/aromatic N) is 1. The van der Waals surface area contributed by atoms with Crippen molar-refractivity contribution in [2.75, 3.05) is 13.1 Å². The molecule has 0 aromatic heterocycles. The quantitative estimate of drug-likeness (QED) is 0.852. The van der Waals surface area contributed by atoms with E-state index >= 15 is 0 Å². The molecule has 2 aliphatic rings. The van der Waals surface area contributed by atoms with Crippen LogP contribution in [0.25, 0.3) is 0 Å². The summed E-state index contributed by atoms with van der Waals surface area (Å²) in [5.41, 5.74) is -0.442. The van der Waals surface area contributed by atoms with E-state index in [1.54, 1.807) is 0 Å². The van der Waals surface area contributed by atoms with E-state index < -0.39 is 11.4 Å². The maximum Gasteiger partial charge on any atom is 0.309 e. The standard InChI is InChI=1S/C16H29NO2/c1-4-16(15(18)19)5-7-17(8-6-16)14-10-12(2)9-13(3)11-14/h12-14H,4-11H2,1-3H3,(H,18,19). The number of carbonyl (C=O) groups is 1. The second-order valence-electron chi connectivity index (χ2n) is 7.05. The summed E-state index contributed by atoms with van der Waals surface area (Å²) in [6.45, 7) is 8.70. The molecule has 2 atom stereocenters. The lowest BCUT2D eigenvalue weighted by Crippen LogP contribution is -2.49. The normalized spacial score (nSPS) is 36.1. The Morgan fingerprint density at radius 2 is 1.68 bits per heavy atom. The van der Waals surface area contributed by atoms with Crippen molar-refractivity contribution in [3.8, 4) is 0 Å². The van der Waals surface area contributed by atoms with Crippen molar-refractivity contribution >= 4 is 5.97 Å². The summed E-state index contributed by atoms with van der Waals surface area (Å²) < 4.78 is 0. The van der Waals surface area contributed by atoms with Gasteiger partial charge in [0.15, 0.2) is 0 Å². The number of likely N-dealkylation sites (tertiary alicyclic amines) is 1. The SMILES string of the molecule is CCC1(C(=O)O)CCN(C2CC(C)CC(C)C2)CC1. The Kier molecular flexibility index (Phi) is 4.54. The van der Waals surface area contributed by atoms with Crippen LogP contribution in [0.1, 0.15) is 59.3 Å². The maximum absolute atomic E-state index is 11.5. The van der Waals surface area contributed by atoms with Gasteiger partial charge in [0, 0.05) is 6.04 Å². The second-order valence-corrected chi connectivity index (χ2v) is 7.05. The van der Waals surface area contributed by atoms with Crippen LogP contribution in [0.2, 0.25) is 0 Å². The molecule has 110 valence electrons. The summed E-state index contributed by atoms with van der Waals surface area (Å²) in [7, 11) is 0. The third-order valence-corrected chi connectivity index (χ3v) is 5.56. The predicted octanol–water partition coefficient (Wildman–Crippen LogP) is 3.39. The first-order chi connectivity index (χ1) is 8.97. The van der Waals surface area contributed by atoms with E-state index in [1.807, 2.05) is 6.92 Å². The first kappa shape index (κ1) is 14.8. The monoisotopic (exact) mass is 267 g/mol. The van der Waals surface area contributed by atoms with Crippen LogP contribution in [0.3, 0.4) is 0 Å². The lowest BCUT2D eigenvalue weighted by molar-refractivity contribution is -0.153. The van der Waals surface area contributed by atoms with Gasteiger partial charge in [0.2, 0.25) is 0 Å². The number of hydrogen-bond acceptors (Lipinski definition) is 2. The predicted molar refractivity (Wildman–Crippen MR) is 77.1 cm³/mol. The third-order valence-electron chi connectivity index (χ3n) is 5.56. The highest BCUT2D eigenvalue weighted by atomic mass is 16.4. The number of aliphatic carboxylic acids is 1. The lowest BCUT2D eigenvalue weighted by Gasteiger charge is -2.45. The minimum atomic E-state index is -0.583. The summed E-state index contributed by atoms with van der Waals surface area (Å²) >= 11 is 0. The first-order valence-corrected chi connectivity index (χ1v) is 7.94. The van der Waals surface area contributed by atoms with Crippen molar-refractivity contribution in [2.24, 2.45) is 17.3 Å². The molecule has 3 heteroatoms. The Bertz CT molecular complexity index is 311. The van der Waals surface area contributed by atoms with Crippen molar-refractivity contribution in [3.05, 3.63) is 0 Å². The summed E-state index contributed by atoms with van der Waals surface area (Å²) in [6, 6.07) is 0.697. The fraction of sp³-hybridized carbons (Fsp3) is 0.938. The fourth-order valence-electron chi connectivity index (χ4n) is 4.24.